The molecule has 41 heavy (non-hydrogen) atoms. The van der Waals surface area contributed by atoms with Crippen molar-refractivity contribution in [1.29, 1.82) is 0 Å². The van der Waals surface area contributed by atoms with Crippen LogP contribution in [0.15, 0.2) is 60.0 Å². The normalized spacial score (nSPS) is 19.2. The third-order valence-electron chi connectivity index (χ3n) is 6.11. The summed E-state index contributed by atoms with van der Waals surface area (Å²) in [6.45, 7) is 2.05. The van der Waals surface area contributed by atoms with Gasteiger partial charge in [0, 0.05) is 56.8 Å². The summed E-state index contributed by atoms with van der Waals surface area (Å²) in [5.74, 6) is -5.49. The number of aryl methyl sites for hydroxylation is 1. The van der Waals surface area contributed by atoms with Gasteiger partial charge in [0.25, 0.3) is 0 Å². The molecule has 2 atom stereocenters. The van der Waals surface area contributed by atoms with Gasteiger partial charge in [0.15, 0.2) is 9.84 Å². The van der Waals surface area contributed by atoms with Gasteiger partial charge in [0.05, 0.1) is 16.3 Å². The van der Waals surface area contributed by atoms with E-state index in [4.69, 9.17) is 19.8 Å². The quantitative estimate of drug-likeness (QED) is 0.427. The number of likely N-dealkylation sites (tertiary alicyclic amines) is 1. The maximum Gasteiger partial charge on any atom is 0.490 e. The number of nitrogens with zero attached hydrogens (tertiary/aromatic N) is 4. The topological polar surface area (TPSA) is 143 Å². The van der Waals surface area contributed by atoms with Gasteiger partial charge in [0.2, 0.25) is 0 Å². The summed E-state index contributed by atoms with van der Waals surface area (Å²) in [4.78, 5) is 24.7. The van der Waals surface area contributed by atoms with E-state index < -0.39 is 34.1 Å². The van der Waals surface area contributed by atoms with Gasteiger partial charge in [-0.15, -0.1) is 0 Å². The molecule has 17 heteroatoms. The molecule has 222 valence electrons. The summed E-state index contributed by atoms with van der Waals surface area (Å²) in [5.41, 5.74) is 4.09. The van der Waals surface area contributed by atoms with Crippen LogP contribution in [0, 0.1) is 0 Å². The van der Waals surface area contributed by atoms with Crippen LogP contribution >= 0.6 is 0 Å². The first-order chi connectivity index (χ1) is 18.9. The first-order valence-corrected chi connectivity index (χ1v) is 13.0. The van der Waals surface area contributed by atoms with Crippen molar-refractivity contribution >= 4 is 21.8 Å². The van der Waals surface area contributed by atoms with Crippen LogP contribution in [0.3, 0.4) is 0 Å². The number of alkyl halides is 6. The smallest absolute Gasteiger partial charge is 0.475 e. The monoisotopic (exact) mass is 608 g/mol. The number of rotatable bonds is 3. The molecule has 2 aromatic heterocycles. The Balaban J connectivity index is 0.000000276. The summed E-state index contributed by atoms with van der Waals surface area (Å²) in [7, 11) is -1.40. The zero-order valence-corrected chi connectivity index (χ0v) is 21.8. The molecule has 1 saturated heterocycles. The van der Waals surface area contributed by atoms with Gasteiger partial charge in [-0.3, -0.25) is 14.6 Å². The number of aliphatic carboxylic acids is 2. The van der Waals surface area contributed by atoms with Crippen LogP contribution in [-0.4, -0.2) is 80.9 Å². The minimum atomic E-state index is -5.08. The SMILES string of the molecule is Cn1cc(-c2ccc3c(c2)C2CN(Cc4cccnc4)CC2S3(=O)=O)cn1.O=C(O)C(F)(F)F.O=C(O)C(F)(F)F. The van der Waals surface area contributed by atoms with Crippen LogP contribution in [0.5, 0.6) is 0 Å². The van der Waals surface area contributed by atoms with Crippen LogP contribution < -0.4 is 0 Å². The number of sulfone groups is 1. The molecule has 3 aromatic rings. The molecular weight excluding hydrogens is 586 g/mol. The van der Waals surface area contributed by atoms with Crippen molar-refractivity contribution in [2.24, 2.45) is 7.05 Å². The Hall–Kier alpha value is -3.99. The number of hydrogen-bond donors (Lipinski definition) is 2. The summed E-state index contributed by atoms with van der Waals surface area (Å²) in [5, 5.41) is 18.1. The fourth-order valence-electron chi connectivity index (χ4n) is 4.35. The van der Waals surface area contributed by atoms with E-state index in [1.54, 1.807) is 16.9 Å². The van der Waals surface area contributed by atoms with E-state index in [-0.39, 0.29) is 11.2 Å². The van der Waals surface area contributed by atoms with E-state index in [0.717, 1.165) is 35.3 Å². The highest BCUT2D eigenvalue weighted by Gasteiger charge is 2.50. The molecule has 5 rings (SSSR count). The summed E-state index contributed by atoms with van der Waals surface area (Å²) < 4.78 is 91.3. The lowest BCUT2D eigenvalue weighted by molar-refractivity contribution is -0.193. The zero-order valence-electron chi connectivity index (χ0n) is 21.0. The fraction of sp³-hybridized carbons (Fsp3) is 0.333. The third kappa shape index (κ3) is 7.60. The first-order valence-electron chi connectivity index (χ1n) is 11.5. The second-order valence-electron chi connectivity index (χ2n) is 9.01. The van der Waals surface area contributed by atoms with Gasteiger partial charge >= 0.3 is 24.3 Å². The summed E-state index contributed by atoms with van der Waals surface area (Å²) >= 11 is 0. The molecule has 4 heterocycles. The second kappa shape index (κ2) is 11.9. The van der Waals surface area contributed by atoms with Gasteiger partial charge in [-0.05, 0) is 34.9 Å². The minimum Gasteiger partial charge on any atom is -0.475 e. The lowest BCUT2D eigenvalue weighted by Gasteiger charge is -2.17. The molecule has 2 N–H and O–H groups in total. The lowest BCUT2D eigenvalue weighted by Crippen LogP contribution is -2.25. The number of fused-ring (bicyclic) bond motifs is 3. The highest BCUT2D eigenvalue weighted by atomic mass is 32.2. The van der Waals surface area contributed by atoms with Gasteiger partial charge in [-0.2, -0.15) is 31.4 Å². The number of carboxylic acids is 2. The highest BCUT2D eigenvalue weighted by molar-refractivity contribution is 7.92. The number of benzene rings is 1. The fourth-order valence-corrected chi connectivity index (χ4v) is 6.55. The maximum absolute atomic E-state index is 13.1. The van der Waals surface area contributed by atoms with E-state index in [0.29, 0.717) is 11.4 Å². The van der Waals surface area contributed by atoms with Gasteiger partial charge in [0.1, 0.15) is 0 Å². The molecular formula is C24H22F6N4O6S. The van der Waals surface area contributed by atoms with E-state index in [1.807, 2.05) is 49.9 Å². The Kier molecular flexibility index (Phi) is 9.12. The minimum absolute atomic E-state index is 0.0262. The van der Waals surface area contributed by atoms with Crippen molar-refractivity contribution in [2.75, 3.05) is 13.1 Å². The van der Waals surface area contributed by atoms with Crippen LogP contribution in [0.2, 0.25) is 0 Å². The van der Waals surface area contributed by atoms with Crippen LogP contribution in [0.1, 0.15) is 17.0 Å². The molecule has 0 aliphatic carbocycles. The maximum atomic E-state index is 13.1. The van der Waals surface area contributed by atoms with Crippen molar-refractivity contribution in [3.8, 4) is 11.1 Å². The molecule has 10 nitrogen and oxygen atoms in total. The molecule has 2 unspecified atom stereocenters. The first kappa shape index (κ1) is 31.5. The van der Waals surface area contributed by atoms with Gasteiger partial charge in [-0.1, -0.05) is 12.1 Å². The number of hydrogen-bond acceptors (Lipinski definition) is 7. The van der Waals surface area contributed by atoms with Crippen molar-refractivity contribution < 1.29 is 54.6 Å². The summed E-state index contributed by atoms with van der Waals surface area (Å²) in [6.07, 6.45) is -2.81. The van der Waals surface area contributed by atoms with Gasteiger partial charge < -0.3 is 10.2 Å². The third-order valence-corrected chi connectivity index (χ3v) is 8.37. The van der Waals surface area contributed by atoms with E-state index in [1.165, 1.54) is 0 Å². The predicted molar refractivity (Wildman–Crippen MR) is 129 cm³/mol. The molecule has 0 radical (unpaired) electrons. The average molecular weight is 609 g/mol. The Bertz CT molecular complexity index is 1480. The van der Waals surface area contributed by atoms with Crippen molar-refractivity contribution in [3.05, 3.63) is 66.2 Å². The Morgan fingerprint density at radius 2 is 1.59 bits per heavy atom. The van der Waals surface area contributed by atoms with Crippen LogP contribution in [-0.2, 0) is 33.0 Å². The molecule has 1 aromatic carbocycles. The van der Waals surface area contributed by atoms with Crippen LogP contribution in [0.25, 0.3) is 11.1 Å². The number of halogens is 6. The van der Waals surface area contributed by atoms with Crippen molar-refractivity contribution in [1.82, 2.24) is 19.7 Å². The van der Waals surface area contributed by atoms with Crippen molar-refractivity contribution in [3.63, 3.8) is 0 Å². The lowest BCUT2D eigenvalue weighted by atomic mass is 9.95. The van der Waals surface area contributed by atoms with E-state index >= 15 is 0 Å². The molecule has 0 saturated carbocycles. The molecule has 0 amide bonds. The molecule has 0 bridgehead atoms. The molecule has 2 aliphatic rings. The van der Waals surface area contributed by atoms with E-state index in [2.05, 4.69) is 15.0 Å². The number of aromatic nitrogens is 3. The summed E-state index contributed by atoms with van der Waals surface area (Å²) in [6, 6.07) is 9.66. The van der Waals surface area contributed by atoms with Crippen molar-refractivity contribution in [2.45, 2.75) is 35.0 Å². The largest absolute Gasteiger partial charge is 0.490 e. The zero-order chi connectivity index (χ0) is 30.8. The van der Waals surface area contributed by atoms with Gasteiger partial charge in [-0.25, -0.2) is 18.0 Å². The van der Waals surface area contributed by atoms with E-state index in [9.17, 15) is 34.8 Å². The number of carboxylic acid groups (broad SMARTS) is 2. The predicted octanol–water partition coefficient (Wildman–Crippen LogP) is 3.50. The molecule has 1 fully saturated rings. The Morgan fingerprint density at radius 1 is 0.976 bits per heavy atom. The Labute approximate surface area is 228 Å². The average Bonchev–Trinajstić information content (AvgIpc) is 3.55. The second-order valence-corrected chi connectivity index (χ2v) is 11.1. The molecule has 2 aliphatic heterocycles. The number of carbonyl (C=O) groups is 2. The standard InChI is InChI=1S/C20H20N4O2S.2C2HF3O2/c1-23-11-16(9-22-23)15-4-5-19-17(7-15)18-12-24(13-20(18)27(19,25)26)10-14-3-2-6-21-8-14;2*3-2(4,5)1(6)7/h2-9,11,18,20H,10,12-13H2,1H3;2*(H,6,7). The Morgan fingerprint density at radius 3 is 2.07 bits per heavy atom. The number of pyridine rings is 1. The van der Waals surface area contributed by atoms with Crippen LogP contribution in [0.4, 0.5) is 26.3 Å². The molecule has 0 spiro atoms. The highest BCUT2D eigenvalue weighted by Crippen LogP contribution is 2.46.